The molecule has 0 amide bonds. The number of halogens is 1. The molecule has 2 fully saturated rings. The van der Waals surface area contributed by atoms with Gasteiger partial charge < -0.3 is 24.6 Å². The van der Waals surface area contributed by atoms with Crippen molar-refractivity contribution in [3.8, 4) is 0 Å². The quantitative estimate of drug-likeness (QED) is 0.301. The van der Waals surface area contributed by atoms with Gasteiger partial charge in [-0.2, -0.15) is 4.98 Å². The van der Waals surface area contributed by atoms with E-state index in [0.717, 1.165) is 25.5 Å². The van der Waals surface area contributed by atoms with Crippen LogP contribution >= 0.6 is 24.0 Å². The van der Waals surface area contributed by atoms with Gasteiger partial charge in [0.15, 0.2) is 11.8 Å². The first-order chi connectivity index (χ1) is 13.1. The van der Waals surface area contributed by atoms with Crippen LogP contribution in [-0.2, 0) is 16.0 Å². The Bertz CT molecular complexity index is 635. The fraction of sp³-hybridized carbons (Fsp3) is 0.842. The number of rotatable bonds is 9. The smallest absolute Gasteiger partial charge is 0.248 e. The van der Waals surface area contributed by atoms with E-state index in [1.807, 2.05) is 13.8 Å². The third-order valence-corrected chi connectivity index (χ3v) is 5.73. The summed E-state index contributed by atoms with van der Waals surface area (Å²) in [7, 11) is 0. The van der Waals surface area contributed by atoms with E-state index in [0.29, 0.717) is 37.0 Å². The minimum Gasteiger partial charge on any atom is -0.378 e. The van der Waals surface area contributed by atoms with Crippen LogP contribution in [0.3, 0.4) is 0 Å². The van der Waals surface area contributed by atoms with Gasteiger partial charge in [-0.15, -0.1) is 24.0 Å². The van der Waals surface area contributed by atoms with Crippen molar-refractivity contribution in [3.63, 3.8) is 0 Å². The monoisotopic (exact) mass is 507 g/mol. The van der Waals surface area contributed by atoms with Gasteiger partial charge >= 0.3 is 0 Å². The molecule has 0 aliphatic heterocycles. The minimum absolute atomic E-state index is 0. The standard InChI is InChI=1S/C19H33N5O3.HI/c1-5-20-18(21-12-16-23-17(24-27-16)13(4)25-6-2)22-14-11-15(26-7-3)19(14)9-8-10-19;/h13-15H,5-12H2,1-4H3,(H2,20,21,22);1H. The van der Waals surface area contributed by atoms with Crippen LogP contribution in [0.4, 0.5) is 0 Å². The number of hydrogen-bond donors (Lipinski definition) is 2. The molecule has 0 radical (unpaired) electrons. The average molecular weight is 507 g/mol. The normalized spacial score (nSPS) is 24.1. The van der Waals surface area contributed by atoms with Crippen LogP contribution in [0.15, 0.2) is 9.52 Å². The molecule has 2 N–H and O–H groups in total. The topological polar surface area (TPSA) is 93.8 Å². The zero-order valence-electron chi connectivity index (χ0n) is 17.4. The molecule has 1 heterocycles. The maximum absolute atomic E-state index is 5.94. The molecule has 2 aliphatic carbocycles. The van der Waals surface area contributed by atoms with E-state index in [1.54, 1.807) is 0 Å². The van der Waals surface area contributed by atoms with E-state index >= 15 is 0 Å². The predicted octanol–water partition coefficient (Wildman–Crippen LogP) is 3.19. The molecule has 160 valence electrons. The van der Waals surface area contributed by atoms with Crippen molar-refractivity contribution in [2.75, 3.05) is 19.8 Å². The molecular weight excluding hydrogens is 473 g/mol. The van der Waals surface area contributed by atoms with Gasteiger partial charge in [-0.05, 0) is 47.0 Å². The summed E-state index contributed by atoms with van der Waals surface area (Å²) < 4.78 is 16.7. The van der Waals surface area contributed by atoms with Gasteiger partial charge in [0.25, 0.3) is 0 Å². The fourth-order valence-corrected chi connectivity index (χ4v) is 4.09. The second-order valence-corrected chi connectivity index (χ2v) is 7.30. The summed E-state index contributed by atoms with van der Waals surface area (Å²) >= 11 is 0. The van der Waals surface area contributed by atoms with E-state index in [4.69, 9.17) is 14.0 Å². The molecule has 0 bridgehead atoms. The molecule has 8 nitrogen and oxygen atoms in total. The Morgan fingerprint density at radius 1 is 1.32 bits per heavy atom. The molecular formula is C19H34IN5O3. The third kappa shape index (κ3) is 4.96. The molecule has 9 heteroatoms. The lowest BCUT2D eigenvalue weighted by atomic mass is 9.51. The Balaban J connectivity index is 0.00000280. The fourth-order valence-electron chi connectivity index (χ4n) is 4.09. The van der Waals surface area contributed by atoms with Crippen molar-refractivity contribution < 1.29 is 14.0 Å². The summed E-state index contributed by atoms with van der Waals surface area (Å²) in [6.45, 7) is 10.5. The van der Waals surface area contributed by atoms with Crippen molar-refractivity contribution in [2.45, 2.75) is 78.2 Å². The molecule has 0 aromatic carbocycles. The van der Waals surface area contributed by atoms with Gasteiger partial charge in [0.05, 0.1) is 6.10 Å². The van der Waals surface area contributed by atoms with Crippen LogP contribution in [0.5, 0.6) is 0 Å². The molecule has 0 saturated heterocycles. The number of aliphatic imine (C=N–C) groups is 1. The van der Waals surface area contributed by atoms with Crippen LogP contribution in [0.1, 0.15) is 71.2 Å². The van der Waals surface area contributed by atoms with Gasteiger partial charge in [0.1, 0.15) is 12.6 Å². The largest absolute Gasteiger partial charge is 0.378 e. The maximum atomic E-state index is 5.94. The van der Waals surface area contributed by atoms with Crippen LogP contribution < -0.4 is 10.6 Å². The van der Waals surface area contributed by atoms with Gasteiger partial charge in [0.2, 0.25) is 5.89 Å². The molecule has 1 aromatic rings. The first kappa shape index (κ1) is 23.3. The zero-order chi connectivity index (χ0) is 19.3. The van der Waals surface area contributed by atoms with Crippen molar-refractivity contribution >= 4 is 29.9 Å². The maximum Gasteiger partial charge on any atom is 0.248 e. The summed E-state index contributed by atoms with van der Waals surface area (Å²) in [4.78, 5) is 9.02. The third-order valence-electron chi connectivity index (χ3n) is 5.73. The summed E-state index contributed by atoms with van der Waals surface area (Å²) in [6, 6.07) is 0.414. The Hall–Kier alpha value is -0.940. The number of aromatic nitrogens is 2. The Labute approximate surface area is 184 Å². The van der Waals surface area contributed by atoms with Gasteiger partial charge in [-0.1, -0.05) is 11.6 Å². The van der Waals surface area contributed by atoms with E-state index in [1.165, 1.54) is 19.3 Å². The second kappa shape index (κ2) is 10.7. The van der Waals surface area contributed by atoms with Gasteiger partial charge in [0, 0.05) is 31.2 Å². The highest BCUT2D eigenvalue weighted by Crippen LogP contribution is 2.57. The lowest BCUT2D eigenvalue weighted by molar-refractivity contribution is -0.168. The van der Waals surface area contributed by atoms with Crippen LogP contribution in [-0.4, -0.2) is 48.0 Å². The minimum atomic E-state index is -0.174. The van der Waals surface area contributed by atoms with Gasteiger partial charge in [-0.3, -0.25) is 0 Å². The van der Waals surface area contributed by atoms with Crippen molar-refractivity contribution in [2.24, 2.45) is 10.4 Å². The Kier molecular flexibility index (Phi) is 8.94. The summed E-state index contributed by atoms with van der Waals surface area (Å²) in [6.07, 6.45) is 5.00. The van der Waals surface area contributed by atoms with Crippen molar-refractivity contribution in [1.82, 2.24) is 20.8 Å². The summed E-state index contributed by atoms with van der Waals surface area (Å²) in [5, 5.41) is 10.9. The van der Waals surface area contributed by atoms with E-state index < -0.39 is 0 Å². The van der Waals surface area contributed by atoms with Crippen molar-refractivity contribution in [1.29, 1.82) is 0 Å². The van der Waals surface area contributed by atoms with E-state index in [-0.39, 0.29) is 35.5 Å². The first-order valence-electron chi connectivity index (χ1n) is 10.2. The highest BCUT2D eigenvalue weighted by Gasteiger charge is 2.59. The number of nitrogens with one attached hydrogen (secondary N) is 2. The number of hydrogen-bond acceptors (Lipinski definition) is 6. The Morgan fingerprint density at radius 2 is 2.11 bits per heavy atom. The SMILES string of the molecule is CCNC(=NCc1nc(C(C)OCC)no1)NC1CC(OCC)C12CCC2.I. The molecule has 2 aliphatic rings. The zero-order valence-corrected chi connectivity index (χ0v) is 19.7. The highest BCUT2D eigenvalue weighted by molar-refractivity contribution is 14.0. The summed E-state index contributed by atoms with van der Waals surface area (Å²) in [5.41, 5.74) is 0.288. The van der Waals surface area contributed by atoms with E-state index in [9.17, 15) is 0 Å². The Morgan fingerprint density at radius 3 is 2.71 bits per heavy atom. The van der Waals surface area contributed by atoms with Crippen LogP contribution in [0.2, 0.25) is 0 Å². The molecule has 3 atom stereocenters. The molecule has 1 aromatic heterocycles. The molecule has 28 heavy (non-hydrogen) atoms. The number of nitrogens with zero attached hydrogens (tertiary/aromatic N) is 3. The highest BCUT2D eigenvalue weighted by atomic mass is 127. The molecule has 3 unspecified atom stereocenters. The van der Waals surface area contributed by atoms with E-state index in [2.05, 4.69) is 39.6 Å². The lowest BCUT2D eigenvalue weighted by Gasteiger charge is -2.61. The van der Waals surface area contributed by atoms with Gasteiger partial charge in [-0.25, -0.2) is 4.99 Å². The van der Waals surface area contributed by atoms with Crippen LogP contribution in [0.25, 0.3) is 0 Å². The first-order valence-corrected chi connectivity index (χ1v) is 10.2. The predicted molar refractivity (Wildman–Crippen MR) is 118 cm³/mol. The number of ether oxygens (including phenoxy) is 2. The molecule has 2 saturated carbocycles. The summed E-state index contributed by atoms with van der Waals surface area (Å²) in [5.74, 6) is 1.85. The molecule has 3 rings (SSSR count). The molecule has 1 spiro atoms. The number of guanidine groups is 1. The van der Waals surface area contributed by atoms with Crippen LogP contribution in [0, 0.1) is 5.41 Å². The average Bonchev–Trinajstić information content (AvgIpc) is 3.06. The second-order valence-electron chi connectivity index (χ2n) is 7.30. The lowest BCUT2D eigenvalue weighted by Crippen LogP contribution is -2.68. The van der Waals surface area contributed by atoms with Crippen molar-refractivity contribution in [3.05, 3.63) is 11.7 Å².